The number of ether oxygens (including phenoxy) is 4. The smallest absolute Gasteiger partial charge is 0.251 e. The standard InChI is InChI=1S/C39H54FN7O6/c1-30(48)11-6-5-8-19-51-22-24-52-23-21-50-18-7-3-4-9-20-53-34-14-15-35(40)32(26-34)27-45-39(49)31-12-10-13-33(25-31)44-28-37(41)47(2)38(42)36-16-17-43-29-46-36/h10,12-17,25-26,29,41-42,44H,3-9,11,18-24,27-28H2,1-2H3,(H,45,49). The number of nitrogens with zero attached hydrogens (tertiary/aromatic N) is 3. The van der Waals surface area contributed by atoms with Crippen molar-refractivity contribution >= 4 is 29.0 Å². The summed E-state index contributed by atoms with van der Waals surface area (Å²) in [4.78, 5) is 33.1. The molecular formula is C39H54FN7O6. The molecule has 3 rings (SSSR count). The number of rotatable bonds is 27. The van der Waals surface area contributed by atoms with Crippen molar-refractivity contribution in [3.8, 4) is 5.75 Å². The molecule has 0 bridgehead atoms. The van der Waals surface area contributed by atoms with E-state index in [0.29, 0.717) is 80.9 Å². The van der Waals surface area contributed by atoms with Gasteiger partial charge < -0.3 is 39.3 Å². The summed E-state index contributed by atoms with van der Waals surface area (Å²) < 4.78 is 37.1. The van der Waals surface area contributed by atoms with Crippen LogP contribution in [0.2, 0.25) is 0 Å². The Bertz CT molecular complexity index is 1560. The van der Waals surface area contributed by atoms with Gasteiger partial charge in [0.1, 0.15) is 35.2 Å². The summed E-state index contributed by atoms with van der Waals surface area (Å²) in [6, 6.07) is 12.9. The molecular weight excluding hydrogens is 681 g/mol. The minimum absolute atomic E-state index is 0.0109. The van der Waals surface area contributed by atoms with Crippen LogP contribution in [-0.2, 0) is 25.5 Å². The lowest BCUT2D eigenvalue weighted by Crippen LogP contribution is -2.37. The van der Waals surface area contributed by atoms with Gasteiger partial charge in [-0.15, -0.1) is 0 Å². The van der Waals surface area contributed by atoms with Gasteiger partial charge in [-0.1, -0.05) is 18.9 Å². The number of hydrogen-bond acceptors (Lipinski definition) is 11. The zero-order valence-electron chi connectivity index (χ0n) is 31.0. The lowest BCUT2D eigenvalue weighted by atomic mass is 10.1. The third kappa shape index (κ3) is 17.5. The van der Waals surface area contributed by atoms with Gasteiger partial charge >= 0.3 is 0 Å². The molecule has 0 aliphatic carbocycles. The van der Waals surface area contributed by atoms with Gasteiger partial charge in [-0.3, -0.25) is 15.6 Å². The first-order valence-corrected chi connectivity index (χ1v) is 18.2. The molecule has 0 atom stereocenters. The second-order valence-electron chi connectivity index (χ2n) is 12.4. The van der Waals surface area contributed by atoms with E-state index in [1.165, 1.54) is 23.5 Å². The Balaban J connectivity index is 1.24. The highest BCUT2D eigenvalue weighted by molar-refractivity contribution is 6.06. The summed E-state index contributed by atoms with van der Waals surface area (Å²) in [5.41, 5.74) is 1.71. The molecule has 1 aromatic heterocycles. The van der Waals surface area contributed by atoms with Gasteiger partial charge in [0.15, 0.2) is 5.84 Å². The summed E-state index contributed by atoms with van der Waals surface area (Å²) >= 11 is 0. The topological polar surface area (TPSA) is 172 Å². The van der Waals surface area contributed by atoms with Crippen molar-refractivity contribution in [1.82, 2.24) is 20.2 Å². The molecule has 0 saturated heterocycles. The van der Waals surface area contributed by atoms with Gasteiger partial charge in [-0.05, 0) is 81.5 Å². The number of likely N-dealkylation sites (N-methyl/N-ethyl adjacent to an activating group) is 1. The van der Waals surface area contributed by atoms with E-state index >= 15 is 0 Å². The molecule has 0 unspecified atom stereocenters. The molecule has 0 aliphatic rings. The number of nitrogens with one attached hydrogen (secondary N) is 4. The zero-order chi connectivity index (χ0) is 38.1. The van der Waals surface area contributed by atoms with Crippen LogP contribution in [0.15, 0.2) is 61.1 Å². The van der Waals surface area contributed by atoms with Crippen molar-refractivity contribution in [2.45, 2.75) is 64.8 Å². The number of benzene rings is 2. The minimum atomic E-state index is -0.435. The van der Waals surface area contributed by atoms with Crippen LogP contribution in [0, 0.1) is 16.6 Å². The fourth-order valence-electron chi connectivity index (χ4n) is 5.01. The molecule has 1 heterocycles. The molecule has 0 aliphatic heterocycles. The van der Waals surface area contributed by atoms with Gasteiger partial charge in [-0.25, -0.2) is 14.4 Å². The monoisotopic (exact) mass is 735 g/mol. The predicted molar refractivity (Wildman–Crippen MR) is 202 cm³/mol. The highest BCUT2D eigenvalue weighted by atomic mass is 19.1. The van der Waals surface area contributed by atoms with Crippen molar-refractivity contribution in [2.24, 2.45) is 0 Å². The molecule has 3 aromatic rings. The summed E-state index contributed by atoms with van der Waals surface area (Å²) in [6.45, 7) is 5.79. The Morgan fingerprint density at radius 2 is 1.51 bits per heavy atom. The number of carbonyl (C=O) groups is 2. The first-order chi connectivity index (χ1) is 25.7. The summed E-state index contributed by atoms with van der Waals surface area (Å²) in [5.74, 6) is 0.172. The first-order valence-electron chi connectivity index (χ1n) is 18.2. The van der Waals surface area contributed by atoms with Crippen LogP contribution >= 0.6 is 0 Å². The predicted octanol–water partition coefficient (Wildman–Crippen LogP) is 6.03. The first kappa shape index (κ1) is 42.6. The number of aromatic nitrogens is 2. The molecule has 0 radical (unpaired) electrons. The highest BCUT2D eigenvalue weighted by Crippen LogP contribution is 2.18. The number of hydrogen-bond donors (Lipinski definition) is 4. The SMILES string of the molecule is CC(=O)CCCCCOCCOCCOCCCCCCOc1ccc(F)c(CNC(=O)c2cccc(NCC(=N)N(C)C(=N)c3ccncn3)c2)c1. The van der Waals surface area contributed by atoms with Crippen molar-refractivity contribution in [1.29, 1.82) is 10.8 Å². The highest BCUT2D eigenvalue weighted by Gasteiger charge is 2.14. The molecule has 13 nitrogen and oxygen atoms in total. The lowest BCUT2D eigenvalue weighted by molar-refractivity contribution is -0.117. The maximum atomic E-state index is 14.6. The number of anilines is 1. The van der Waals surface area contributed by atoms with Gasteiger partial charge in [0.2, 0.25) is 0 Å². The molecule has 1 amide bonds. The quantitative estimate of drug-likeness (QED) is 0.0412. The Labute approximate surface area is 312 Å². The Morgan fingerprint density at radius 1 is 0.830 bits per heavy atom. The summed E-state index contributed by atoms with van der Waals surface area (Å²) in [5, 5.41) is 22.5. The van der Waals surface area contributed by atoms with Crippen LogP contribution in [0.3, 0.4) is 0 Å². The molecule has 53 heavy (non-hydrogen) atoms. The van der Waals surface area contributed by atoms with Gasteiger partial charge in [0.05, 0.1) is 39.6 Å². The fourth-order valence-corrected chi connectivity index (χ4v) is 5.01. The van der Waals surface area contributed by atoms with E-state index in [2.05, 4.69) is 20.6 Å². The molecule has 0 saturated carbocycles. The number of halogens is 1. The Hall–Kier alpha value is -4.79. The normalized spacial score (nSPS) is 10.8. The zero-order valence-corrected chi connectivity index (χ0v) is 31.0. The second kappa shape index (κ2) is 25.2. The van der Waals surface area contributed by atoms with E-state index in [1.807, 2.05) is 0 Å². The number of carbonyl (C=O) groups excluding carboxylic acids is 2. The van der Waals surface area contributed by atoms with Crippen LogP contribution in [0.25, 0.3) is 0 Å². The maximum absolute atomic E-state index is 14.6. The lowest BCUT2D eigenvalue weighted by Gasteiger charge is -2.20. The van der Waals surface area contributed by atoms with Crippen LogP contribution in [0.4, 0.5) is 10.1 Å². The van der Waals surface area contributed by atoms with E-state index in [4.69, 9.17) is 29.8 Å². The number of amides is 1. The van der Waals surface area contributed by atoms with E-state index < -0.39 is 5.82 Å². The van der Waals surface area contributed by atoms with Crippen molar-refractivity contribution in [3.05, 3.63) is 83.7 Å². The van der Waals surface area contributed by atoms with E-state index in [-0.39, 0.29) is 36.5 Å². The third-order valence-corrected chi connectivity index (χ3v) is 8.12. The van der Waals surface area contributed by atoms with Crippen molar-refractivity contribution in [2.75, 3.05) is 65.2 Å². The van der Waals surface area contributed by atoms with Crippen molar-refractivity contribution < 1.29 is 32.9 Å². The third-order valence-electron chi connectivity index (χ3n) is 8.12. The number of ketones is 1. The number of Topliss-reactive ketones (excluding diaryl/α,β-unsaturated/α-hetero) is 1. The summed E-state index contributed by atoms with van der Waals surface area (Å²) in [7, 11) is 1.61. The van der Waals surface area contributed by atoms with Crippen molar-refractivity contribution in [3.63, 3.8) is 0 Å². The molecule has 14 heteroatoms. The number of amidine groups is 2. The largest absolute Gasteiger partial charge is 0.494 e. The van der Waals surface area contributed by atoms with Crippen LogP contribution < -0.4 is 15.4 Å². The Kier molecular flexibility index (Phi) is 20.3. The van der Waals surface area contributed by atoms with E-state index in [9.17, 15) is 14.0 Å². The fraction of sp³-hybridized carbons (Fsp3) is 0.487. The Morgan fingerprint density at radius 3 is 2.19 bits per heavy atom. The molecule has 0 spiro atoms. The molecule has 2 aromatic carbocycles. The van der Waals surface area contributed by atoms with E-state index in [1.54, 1.807) is 56.4 Å². The van der Waals surface area contributed by atoms with Crippen LogP contribution in [-0.4, -0.2) is 98.1 Å². The summed E-state index contributed by atoms with van der Waals surface area (Å²) in [6.07, 6.45) is 10.2. The average molecular weight is 736 g/mol. The van der Waals surface area contributed by atoms with Crippen LogP contribution in [0.5, 0.6) is 5.75 Å². The maximum Gasteiger partial charge on any atom is 0.251 e. The van der Waals surface area contributed by atoms with Gasteiger partial charge in [-0.2, -0.15) is 0 Å². The number of unbranched alkanes of at least 4 members (excludes halogenated alkanes) is 5. The molecule has 4 N–H and O–H groups in total. The van der Waals surface area contributed by atoms with E-state index in [0.717, 1.165) is 44.9 Å². The van der Waals surface area contributed by atoms with Gasteiger partial charge in [0.25, 0.3) is 5.91 Å². The second-order valence-corrected chi connectivity index (χ2v) is 12.4. The molecule has 288 valence electrons. The minimum Gasteiger partial charge on any atom is -0.494 e. The molecule has 0 fully saturated rings. The van der Waals surface area contributed by atoms with Gasteiger partial charge in [0, 0.05) is 56.2 Å². The van der Waals surface area contributed by atoms with Crippen LogP contribution in [0.1, 0.15) is 79.9 Å². The average Bonchev–Trinajstić information content (AvgIpc) is 3.17.